The molecule has 4 rings (SSSR count). The van der Waals surface area contributed by atoms with E-state index in [9.17, 15) is 20.0 Å². The Balaban J connectivity index is 1.92. The van der Waals surface area contributed by atoms with Gasteiger partial charge >= 0.3 is 11.8 Å². The standard InChI is InChI=1S/C19H16N4O4/c1-27-19(26)21-8-9-22-16(11-21)17(24)23(18(22)25)15-7-6-12(10-20)13-4-2-3-5-14(13)15/h2-7,24H,8-9,11H2,1H3. The monoisotopic (exact) mass is 364 g/mol. The maximum atomic E-state index is 12.9. The summed E-state index contributed by atoms with van der Waals surface area (Å²) in [4.78, 5) is 26.2. The molecule has 8 heteroatoms. The van der Waals surface area contributed by atoms with E-state index in [0.29, 0.717) is 34.3 Å². The first kappa shape index (κ1) is 16.7. The predicted molar refractivity (Wildman–Crippen MR) is 96.7 cm³/mol. The van der Waals surface area contributed by atoms with Crippen LogP contribution in [0.25, 0.3) is 16.5 Å². The van der Waals surface area contributed by atoms with Crippen LogP contribution in [0.2, 0.25) is 0 Å². The third-order valence-electron chi connectivity index (χ3n) is 4.85. The Hall–Kier alpha value is -3.73. The van der Waals surface area contributed by atoms with Crippen molar-refractivity contribution in [3.63, 3.8) is 0 Å². The summed E-state index contributed by atoms with van der Waals surface area (Å²) in [5.74, 6) is -0.219. The van der Waals surface area contributed by atoms with Crippen LogP contribution in [0, 0.1) is 11.3 Å². The summed E-state index contributed by atoms with van der Waals surface area (Å²) in [7, 11) is 1.29. The molecule has 0 spiro atoms. The normalized spacial score (nSPS) is 13.3. The van der Waals surface area contributed by atoms with E-state index in [1.165, 1.54) is 21.1 Å². The minimum absolute atomic E-state index is 0.0783. The number of nitrogens with zero attached hydrogens (tertiary/aromatic N) is 4. The molecule has 8 nitrogen and oxygen atoms in total. The van der Waals surface area contributed by atoms with Gasteiger partial charge in [0, 0.05) is 23.9 Å². The number of carbonyl (C=O) groups is 1. The van der Waals surface area contributed by atoms with Gasteiger partial charge in [-0.2, -0.15) is 5.26 Å². The van der Waals surface area contributed by atoms with Gasteiger partial charge in [-0.3, -0.25) is 4.57 Å². The fourth-order valence-electron chi connectivity index (χ4n) is 3.52. The number of amides is 1. The molecule has 1 aliphatic rings. The molecule has 27 heavy (non-hydrogen) atoms. The highest BCUT2D eigenvalue weighted by molar-refractivity contribution is 5.94. The topological polar surface area (TPSA) is 100 Å². The molecule has 1 aliphatic heterocycles. The van der Waals surface area contributed by atoms with Crippen LogP contribution in [0.3, 0.4) is 0 Å². The second kappa shape index (κ2) is 6.21. The van der Waals surface area contributed by atoms with E-state index in [4.69, 9.17) is 4.74 Å². The molecule has 1 N–H and O–H groups in total. The maximum absolute atomic E-state index is 12.9. The molecular formula is C19H16N4O4. The lowest BCUT2D eigenvalue weighted by atomic mass is 10.0. The van der Waals surface area contributed by atoms with Crippen LogP contribution in [-0.2, 0) is 17.8 Å². The van der Waals surface area contributed by atoms with Crippen LogP contribution < -0.4 is 5.69 Å². The largest absolute Gasteiger partial charge is 0.493 e. The molecule has 3 aromatic rings. The zero-order valence-electron chi connectivity index (χ0n) is 14.5. The highest BCUT2D eigenvalue weighted by Gasteiger charge is 2.29. The molecule has 136 valence electrons. The number of aromatic nitrogens is 2. The lowest BCUT2D eigenvalue weighted by Crippen LogP contribution is -2.40. The Morgan fingerprint density at radius 2 is 1.93 bits per heavy atom. The minimum Gasteiger partial charge on any atom is -0.493 e. The molecule has 1 amide bonds. The second-order valence-corrected chi connectivity index (χ2v) is 6.22. The van der Waals surface area contributed by atoms with Gasteiger partial charge in [-0.25, -0.2) is 14.2 Å². The van der Waals surface area contributed by atoms with Gasteiger partial charge in [-0.15, -0.1) is 0 Å². The Morgan fingerprint density at radius 1 is 1.19 bits per heavy atom. The zero-order chi connectivity index (χ0) is 19.1. The summed E-state index contributed by atoms with van der Waals surface area (Å²) in [6, 6.07) is 12.6. The molecule has 0 unspecified atom stereocenters. The number of ether oxygens (including phenoxy) is 1. The van der Waals surface area contributed by atoms with Gasteiger partial charge in [0.25, 0.3) is 0 Å². The van der Waals surface area contributed by atoms with Gasteiger partial charge in [-0.05, 0) is 12.1 Å². The zero-order valence-corrected chi connectivity index (χ0v) is 14.5. The lowest BCUT2D eigenvalue weighted by Gasteiger charge is -2.26. The first-order valence-corrected chi connectivity index (χ1v) is 8.35. The highest BCUT2D eigenvalue weighted by atomic mass is 16.5. The van der Waals surface area contributed by atoms with Crippen molar-refractivity contribution in [3.05, 3.63) is 58.1 Å². The summed E-state index contributed by atoms with van der Waals surface area (Å²) in [5.41, 5.74) is 0.938. The van der Waals surface area contributed by atoms with Crippen LogP contribution in [0.1, 0.15) is 11.3 Å². The van der Waals surface area contributed by atoms with E-state index in [2.05, 4.69) is 6.07 Å². The molecule has 2 aromatic carbocycles. The number of hydrogen-bond acceptors (Lipinski definition) is 5. The van der Waals surface area contributed by atoms with Crippen LogP contribution in [0.15, 0.2) is 41.2 Å². The van der Waals surface area contributed by atoms with Gasteiger partial charge in [-0.1, -0.05) is 24.3 Å². The van der Waals surface area contributed by atoms with Crippen molar-refractivity contribution in [1.29, 1.82) is 5.26 Å². The van der Waals surface area contributed by atoms with Crippen LogP contribution >= 0.6 is 0 Å². The Kier molecular flexibility index (Phi) is 3.85. The van der Waals surface area contributed by atoms with Crippen molar-refractivity contribution in [2.75, 3.05) is 13.7 Å². The van der Waals surface area contributed by atoms with Crippen molar-refractivity contribution < 1.29 is 14.6 Å². The molecule has 0 saturated heterocycles. The number of nitriles is 1. The first-order valence-electron chi connectivity index (χ1n) is 8.35. The Bertz CT molecular complexity index is 1170. The molecule has 0 atom stereocenters. The van der Waals surface area contributed by atoms with E-state index in [-0.39, 0.29) is 24.7 Å². The van der Waals surface area contributed by atoms with E-state index < -0.39 is 6.09 Å². The predicted octanol–water partition coefficient (Wildman–Crippen LogP) is 1.95. The molecule has 1 aromatic heterocycles. The summed E-state index contributed by atoms with van der Waals surface area (Å²) in [6.45, 7) is 0.657. The summed E-state index contributed by atoms with van der Waals surface area (Å²) in [5, 5.41) is 21.5. The number of methoxy groups -OCH3 is 1. The van der Waals surface area contributed by atoms with Crippen LogP contribution in [-0.4, -0.2) is 38.9 Å². The SMILES string of the molecule is COC(=O)N1CCn2c(c(O)n(-c3ccc(C#N)c4ccccc34)c2=O)C1. The molecule has 0 radical (unpaired) electrons. The molecule has 2 heterocycles. The van der Waals surface area contributed by atoms with Gasteiger partial charge in [0.1, 0.15) is 5.69 Å². The van der Waals surface area contributed by atoms with Gasteiger partial charge in [0.05, 0.1) is 31.0 Å². The number of rotatable bonds is 1. The van der Waals surface area contributed by atoms with Crippen molar-refractivity contribution >= 4 is 16.9 Å². The molecule has 0 bridgehead atoms. The average Bonchev–Trinajstić information content (AvgIpc) is 2.96. The van der Waals surface area contributed by atoms with Gasteiger partial charge < -0.3 is 14.7 Å². The van der Waals surface area contributed by atoms with Crippen LogP contribution in [0.4, 0.5) is 4.79 Å². The van der Waals surface area contributed by atoms with Gasteiger partial charge in [0.15, 0.2) is 0 Å². The molecule has 0 aliphatic carbocycles. The number of carbonyl (C=O) groups excluding carboxylic acids is 1. The quantitative estimate of drug-likeness (QED) is 0.711. The van der Waals surface area contributed by atoms with Crippen molar-refractivity contribution in [3.8, 4) is 17.6 Å². The highest BCUT2D eigenvalue weighted by Crippen LogP contribution is 2.30. The number of aromatic hydroxyl groups is 1. The van der Waals surface area contributed by atoms with E-state index in [1.54, 1.807) is 24.3 Å². The second-order valence-electron chi connectivity index (χ2n) is 6.22. The lowest BCUT2D eigenvalue weighted by molar-refractivity contribution is 0.111. The van der Waals surface area contributed by atoms with E-state index in [0.717, 1.165) is 0 Å². The first-order chi connectivity index (χ1) is 13.1. The third-order valence-corrected chi connectivity index (χ3v) is 4.85. The minimum atomic E-state index is -0.510. The number of hydrogen-bond donors (Lipinski definition) is 1. The summed E-state index contributed by atoms with van der Waals surface area (Å²) >= 11 is 0. The molecule has 0 saturated carbocycles. The van der Waals surface area contributed by atoms with Crippen molar-refractivity contribution in [1.82, 2.24) is 14.0 Å². The van der Waals surface area contributed by atoms with E-state index in [1.807, 2.05) is 12.1 Å². The smallest absolute Gasteiger partial charge is 0.409 e. The van der Waals surface area contributed by atoms with Crippen molar-refractivity contribution in [2.45, 2.75) is 13.1 Å². The average molecular weight is 364 g/mol. The van der Waals surface area contributed by atoms with Crippen molar-refractivity contribution in [2.24, 2.45) is 0 Å². The fourth-order valence-corrected chi connectivity index (χ4v) is 3.52. The van der Waals surface area contributed by atoms with Gasteiger partial charge in [0.2, 0.25) is 5.88 Å². The Morgan fingerprint density at radius 3 is 2.63 bits per heavy atom. The number of fused-ring (bicyclic) bond motifs is 2. The summed E-state index contributed by atoms with van der Waals surface area (Å²) < 4.78 is 7.41. The van der Waals surface area contributed by atoms with Crippen LogP contribution in [0.5, 0.6) is 5.88 Å². The Labute approximate surface area is 154 Å². The number of benzene rings is 2. The molecule has 0 fully saturated rings. The fraction of sp³-hybridized carbons (Fsp3) is 0.211. The molecular weight excluding hydrogens is 348 g/mol. The summed E-state index contributed by atoms with van der Waals surface area (Å²) in [6.07, 6.45) is -0.510. The maximum Gasteiger partial charge on any atom is 0.409 e. The number of imidazole rings is 1. The third kappa shape index (κ3) is 2.44. The van der Waals surface area contributed by atoms with E-state index >= 15 is 0 Å².